The summed E-state index contributed by atoms with van der Waals surface area (Å²) in [6.07, 6.45) is -2.72. The van der Waals surface area contributed by atoms with Gasteiger partial charge in [0.1, 0.15) is 0 Å². The van der Waals surface area contributed by atoms with Gasteiger partial charge < -0.3 is 9.47 Å². The molecule has 3 rings (SSSR count). The molecule has 0 aromatic heterocycles. The van der Waals surface area contributed by atoms with E-state index >= 15 is 0 Å². The van der Waals surface area contributed by atoms with E-state index in [0.717, 1.165) is 31.0 Å². The first-order chi connectivity index (χ1) is 11.8. The highest BCUT2D eigenvalue weighted by Gasteiger charge is 2.39. The van der Waals surface area contributed by atoms with Crippen molar-refractivity contribution >= 4 is 10.0 Å². The van der Waals surface area contributed by atoms with Crippen LogP contribution in [0.2, 0.25) is 0 Å². The number of sulfonamides is 1. The van der Waals surface area contributed by atoms with Gasteiger partial charge in [-0.05, 0) is 37.3 Å². The summed E-state index contributed by atoms with van der Waals surface area (Å²) in [5.74, 6) is 0.491. The van der Waals surface area contributed by atoms with Crippen LogP contribution in [-0.4, -0.2) is 40.4 Å². The topological polar surface area (TPSA) is 64.6 Å². The highest BCUT2D eigenvalue weighted by molar-refractivity contribution is 7.89. The lowest BCUT2D eigenvalue weighted by Gasteiger charge is -2.32. The lowest BCUT2D eigenvalue weighted by atomic mass is 10.1. The molecule has 2 aliphatic rings. The van der Waals surface area contributed by atoms with Crippen molar-refractivity contribution in [3.63, 3.8) is 0 Å². The average Bonchev–Trinajstić information content (AvgIpc) is 3.37. The standard InChI is InChI=1S/C16H20F3NO4S/c17-16(18,19)12-3-1-2-4-15(12)25(21,22)20-13-7-8-23-10-14(13)24-9-11-5-6-11/h1-4,11,13-14,20H,5-10H2/t13-,14-/m1/s1. The molecule has 0 bridgehead atoms. The zero-order valence-electron chi connectivity index (χ0n) is 13.5. The summed E-state index contributed by atoms with van der Waals surface area (Å²) in [5, 5.41) is 0. The largest absolute Gasteiger partial charge is 0.417 e. The normalized spacial score (nSPS) is 25.1. The third-order valence-electron chi connectivity index (χ3n) is 4.34. The number of nitrogens with one attached hydrogen (secondary N) is 1. The van der Waals surface area contributed by atoms with Gasteiger partial charge in [0.05, 0.1) is 29.2 Å². The molecule has 1 aromatic rings. The molecule has 1 saturated carbocycles. The first-order valence-electron chi connectivity index (χ1n) is 8.15. The van der Waals surface area contributed by atoms with Crippen molar-refractivity contribution in [3.05, 3.63) is 29.8 Å². The van der Waals surface area contributed by atoms with E-state index < -0.39 is 38.8 Å². The number of rotatable bonds is 6. The van der Waals surface area contributed by atoms with Crippen LogP contribution in [0.15, 0.2) is 29.2 Å². The van der Waals surface area contributed by atoms with Gasteiger partial charge in [-0.25, -0.2) is 13.1 Å². The zero-order chi connectivity index (χ0) is 18.1. The monoisotopic (exact) mass is 379 g/mol. The third-order valence-corrected chi connectivity index (χ3v) is 5.88. The van der Waals surface area contributed by atoms with Gasteiger partial charge in [-0.1, -0.05) is 12.1 Å². The van der Waals surface area contributed by atoms with Crippen LogP contribution in [0.25, 0.3) is 0 Å². The molecule has 1 aliphatic carbocycles. The predicted molar refractivity (Wildman–Crippen MR) is 83.5 cm³/mol. The molecule has 0 spiro atoms. The van der Waals surface area contributed by atoms with Crippen LogP contribution in [0, 0.1) is 5.92 Å². The van der Waals surface area contributed by atoms with E-state index in [0.29, 0.717) is 25.6 Å². The molecule has 25 heavy (non-hydrogen) atoms. The van der Waals surface area contributed by atoms with Crippen LogP contribution < -0.4 is 4.72 Å². The maximum absolute atomic E-state index is 13.1. The minimum absolute atomic E-state index is 0.223. The SMILES string of the molecule is O=S(=O)(N[C@@H]1CCOC[C@H]1OCC1CC1)c1ccccc1C(F)(F)F. The molecule has 1 aromatic carbocycles. The molecule has 1 N–H and O–H groups in total. The minimum atomic E-state index is -4.75. The molecule has 0 amide bonds. The Hall–Kier alpha value is -1.16. The van der Waals surface area contributed by atoms with Gasteiger partial charge in [0.25, 0.3) is 0 Å². The van der Waals surface area contributed by atoms with Gasteiger partial charge >= 0.3 is 6.18 Å². The Balaban J connectivity index is 1.77. The smallest absolute Gasteiger partial charge is 0.379 e. The maximum Gasteiger partial charge on any atom is 0.417 e. The van der Waals surface area contributed by atoms with Crippen LogP contribution in [0.3, 0.4) is 0 Å². The summed E-state index contributed by atoms with van der Waals surface area (Å²) < 4.78 is 77.9. The minimum Gasteiger partial charge on any atom is -0.379 e. The maximum atomic E-state index is 13.1. The summed E-state index contributed by atoms with van der Waals surface area (Å²) in [4.78, 5) is -0.769. The molecule has 1 heterocycles. The molecule has 140 valence electrons. The second kappa shape index (κ2) is 7.22. The van der Waals surface area contributed by atoms with Crippen molar-refractivity contribution in [1.29, 1.82) is 0 Å². The summed E-state index contributed by atoms with van der Waals surface area (Å²) >= 11 is 0. The average molecular weight is 379 g/mol. The van der Waals surface area contributed by atoms with Crippen molar-refractivity contribution in [2.75, 3.05) is 19.8 Å². The van der Waals surface area contributed by atoms with Crippen LogP contribution >= 0.6 is 0 Å². The highest BCUT2D eigenvalue weighted by atomic mass is 32.2. The summed E-state index contributed by atoms with van der Waals surface area (Å²) in [6, 6.07) is 3.55. The van der Waals surface area contributed by atoms with Crippen molar-refractivity contribution in [3.8, 4) is 0 Å². The molecule has 2 atom stereocenters. The summed E-state index contributed by atoms with van der Waals surface area (Å²) in [7, 11) is -4.34. The number of hydrogen-bond donors (Lipinski definition) is 1. The highest BCUT2D eigenvalue weighted by Crippen LogP contribution is 2.34. The van der Waals surface area contributed by atoms with E-state index in [2.05, 4.69) is 4.72 Å². The fourth-order valence-electron chi connectivity index (χ4n) is 2.75. The number of ether oxygens (including phenoxy) is 2. The Morgan fingerprint density at radius 1 is 1.20 bits per heavy atom. The van der Waals surface area contributed by atoms with Gasteiger partial charge in [-0.2, -0.15) is 13.2 Å². The molecule has 0 unspecified atom stereocenters. The van der Waals surface area contributed by atoms with Crippen molar-refractivity contribution in [2.24, 2.45) is 5.92 Å². The van der Waals surface area contributed by atoms with Gasteiger partial charge in [-0.15, -0.1) is 0 Å². The quantitative estimate of drug-likeness (QED) is 0.825. The molecular formula is C16H20F3NO4S. The van der Waals surface area contributed by atoms with Crippen LogP contribution in [0.1, 0.15) is 24.8 Å². The van der Waals surface area contributed by atoms with E-state index in [4.69, 9.17) is 9.47 Å². The fourth-order valence-corrected chi connectivity index (χ4v) is 4.28. The number of halogens is 3. The van der Waals surface area contributed by atoms with Crippen LogP contribution in [0.4, 0.5) is 13.2 Å². The van der Waals surface area contributed by atoms with E-state index in [-0.39, 0.29) is 6.61 Å². The van der Waals surface area contributed by atoms with E-state index in [1.807, 2.05) is 0 Å². The molecule has 5 nitrogen and oxygen atoms in total. The molecule has 2 fully saturated rings. The summed E-state index contributed by atoms with van der Waals surface area (Å²) in [5.41, 5.74) is -1.18. The Morgan fingerprint density at radius 2 is 1.92 bits per heavy atom. The number of benzene rings is 1. The first-order valence-corrected chi connectivity index (χ1v) is 9.63. The predicted octanol–water partition coefficient (Wildman–Crippen LogP) is 2.57. The molecule has 1 saturated heterocycles. The summed E-state index contributed by atoms with van der Waals surface area (Å²) in [6.45, 7) is 1.07. The van der Waals surface area contributed by atoms with Gasteiger partial charge in [-0.3, -0.25) is 0 Å². The molecule has 9 heteroatoms. The second-order valence-corrected chi connectivity index (χ2v) is 8.08. The van der Waals surface area contributed by atoms with Crippen LogP contribution in [-0.2, 0) is 25.7 Å². The zero-order valence-corrected chi connectivity index (χ0v) is 14.3. The van der Waals surface area contributed by atoms with Gasteiger partial charge in [0.15, 0.2) is 0 Å². The van der Waals surface area contributed by atoms with Gasteiger partial charge in [0, 0.05) is 13.2 Å². The second-order valence-electron chi connectivity index (χ2n) is 6.40. The van der Waals surface area contributed by atoms with E-state index in [1.165, 1.54) is 6.07 Å². The fraction of sp³-hybridized carbons (Fsp3) is 0.625. The van der Waals surface area contributed by atoms with Crippen molar-refractivity contribution < 1.29 is 31.1 Å². The van der Waals surface area contributed by atoms with Crippen LogP contribution in [0.5, 0.6) is 0 Å². The Morgan fingerprint density at radius 3 is 2.60 bits per heavy atom. The van der Waals surface area contributed by atoms with Crippen molar-refractivity contribution in [1.82, 2.24) is 4.72 Å². The van der Waals surface area contributed by atoms with Crippen molar-refractivity contribution in [2.45, 2.75) is 42.5 Å². The Labute approximate surface area is 144 Å². The lowest BCUT2D eigenvalue weighted by molar-refractivity contribution is -0.139. The Bertz CT molecular complexity index is 704. The van der Waals surface area contributed by atoms with Gasteiger partial charge in [0.2, 0.25) is 10.0 Å². The number of alkyl halides is 3. The molecule has 0 radical (unpaired) electrons. The third kappa shape index (κ3) is 4.72. The molecular weight excluding hydrogens is 359 g/mol. The van der Waals surface area contributed by atoms with E-state index in [1.54, 1.807) is 0 Å². The first kappa shape index (κ1) is 18.6. The molecule has 1 aliphatic heterocycles. The Kier molecular flexibility index (Phi) is 5.38. The lowest BCUT2D eigenvalue weighted by Crippen LogP contribution is -2.50. The van der Waals surface area contributed by atoms with E-state index in [9.17, 15) is 21.6 Å². The number of hydrogen-bond acceptors (Lipinski definition) is 4.